The monoisotopic (exact) mass is 445 g/mol. The van der Waals surface area contributed by atoms with Gasteiger partial charge in [0.2, 0.25) is 15.9 Å². The van der Waals surface area contributed by atoms with E-state index in [9.17, 15) is 13.2 Å². The fourth-order valence-electron chi connectivity index (χ4n) is 2.04. The summed E-state index contributed by atoms with van der Waals surface area (Å²) in [4.78, 5) is 15.7. The van der Waals surface area contributed by atoms with E-state index in [1.54, 1.807) is 6.07 Å². The summed E-state index contributed by atoms with van der Waals surface area (Å²) in [7, 11) is -3.52. The molecule has 0 saturated carbocycles. The number of rotatable bonds is 8. The minimum absolute atomic E-state index is 0.0496. The van der Waals surface area contributed by atoms with E-state index in [2.05, 4.69) is 31.0 Å². The first-order chi connectivity index (χ1) is 11.8. The van der Waals surface area contributed by atoms with Gasteiger partial charge in [0.1, 0.15) is 5.82 Å². The number of aryl methyl sites for hydroxylation is 1. The van der Waals surface area contributed by atoms with Crippen molar-refractivity contribution < 1.29 is 13.2 Å². The van der Waals surface area contributed by atoms with Crippen LogP contribution in [0.5, 0.6) is 0 Å². The first kappa shape index (κ1) is 19.8. The number of pyridine rings is 1. The van der Waals surface area contributed by atoms with E-state index in [4.69, 9.17) is 11.6 Å². The molecule has 1 aromatic carbocycles. The number of nitrogens with zero attached hydrogens (tertiary/aromatic N) is 1. The molecule has 0 aliphatic carbocycles. The first-order valence-corrected chi connectivity index (χ1v) is 10.3. The molecule has 2 N–H and O–H groups in total. The molecule has 134 valence electrons. The van der Waals surface area contributed by atoms with Crippen LogP contribution in [0, 0.1) is 0 Å². The maximum absolute atomic E-state index is 12.0. The van der Waals surface area contributed by atoms with Crippen molar-refractivity contribution >= 4 is 49.3 Å². The van der Waals surface area contributed by atoms with Crippen LogP contribution in [0.15, 0.2) is 47.1 Å². The third kappa shape index (κ3) is 7.52. The lowest BCUT2D eigenvalue weighted by Gasteiger charge is -2.08. The molecule has 2 rings (SSSR count). The van der Waals surface area contributed by atoms with Gasteiger partial charge in [0, 0.05) is 10.7 Å². The number of hydrogen-bond acceptors (Lipinski definition) is 4. The van der Waals surface area contributed by atoms with Crippen molar-refractivity contribution in [2.45, 2.75) is 12.8 Å². The Labute approximate surface area is 160 Å². The minimum atomic E-state index is -3.52. The minimum Gasteiger partial charge on any atom is -0.310 e. The summed E-state index contributed by atoms with van der Waals surface area (Å²) in [6.07, 6.45) is 2.50. The number of hydrogen-bond donors (Lipinski definition) is 2. The van der Waals surface area contributed by atoms with Crippen molar-refractivity contribution in [3.63, 3.8) is 0 Å². The zero-order chi connectivity index (χ0) is 18.3. The quantitative estimate of drug-likeness (QED) is 0.652. The lowest BCUT2D eigenvalue weighted by molar-refractivity contribution is -0.115. The third-order valence-electron chi connectivity index (χ3n) is 3.22. The number of sulfonamides is 1. The molecule has 0 saturated heterocycles. The molecular weight excluding hydrogens is 430 g/mol. The molecule has 0 unspecified atom stereocenters. The summed E-state index contributed by atoms with van der Waals surface area (Å²) in [6.45, 7) is -0.344. The van der Waals surface area contributed by atoms with Gasteiger partial charge in [0.05, 0.1) is 17.3 Å². The fraction of sp³-hybridized carbons (Fsp3) is 0.250. The van der Waals surface area contributed by atoms with Crippen molar-refractivity contribution in [2.75, 3.05) is 17.6 Å². The van der Waals surface area contributed by atoms with Gasteiger partial charge in [-0.1, -0.05) is 39.7 Å². The van der Waals surface area contributed by atoms with Gasteiger partial charge in [0.25, 0.3) is 0 Å². The highest BCUT2D eigenvalue weighted by Crippen LogP contribution is 2.13. The summed E-state index contributed by atoms with van der Waals surface area (Å²) in [5.41, 5.74) is 1.05. The lowest BCUT2D eigenvalue weighted by atomic mass is 10.1. The van der Waals surface area contributed by atoms with Crippen LogP contribution in [-0.2, 0) is 21.2 Å². The second-order valence-corrected chi connectivity index (χ2v) is 8.56. The summed E-state index contributed by atoms with van der Waals surface area (Å²) < 4.78 is 27.2. The van der Waals surface area contributed by atoms with Crippen molar-refractivity contribution in [1.82, 2.24) is 9.71 Å². The Hall–Kier alpha value is -1.48. The van der Waals surface area contributed by atoms with Crippen LogP contribution in [-0.4, -0.2) is 31.6 Å². The van der Waals surface area contributed by atoms with E-state index >= 15 is 0 Å². The number of aromatic nitrogens is 1. The highest BCUT2D eigenvalue weighted by molar-refractivity contribution is 9.10. The van der Waals surface area contributed by atoms with Gasteiger partial charge in [-0.15, -0.1) is 0 Å². The van der Waals surface area contributed by atoms with E-state index in [0.717, 1.165) is 10.0 Å². The Kier molecular flexibility index (Phi) is 7.37. The van der Waals surface area contributed by atoms with Crippen LogP contribution < -0.4 is 10.0 Å². The number of carbonyl (C=O) groups excluding carboxylic acids is 1. The molecule has 2 aromatic rings. The van der Waals surface area contributed by atoms with Gasteiger partial charge >= 0.3 is 0 Å². The van der Waals surface area contributed by atoms with E-state index in [1.165, 1.54) is 12.3 Å². The van der Waals surface area contributed by atoms with Gasteiger partial charge in [-0.2, -0.15) is 0 Å². The van der Waals surface area contributed by atoms with Gasteiger partial charge in [0.15, 0.2) is 0 Å². The van der Waals surface area contributed by atoms with Crippen LogP contribution in [0.4, 0.5) is 5.82 Å². The molecule has 25 heavy (non-hydrogen) atoms. The van der Waals surface area contributed by atoms with E-state index in [0.29, 0.717) is 23.7 Å². The van der Waals surface area contributed by atoms with Gasteiger partial charge in [-0.05, 0) is 42.7 Å². The van der Waals surface area contributed by atoms with Crippen LogP contribution in [0.2, 0.25) is 5.02 Å². The maximum atomic E-state index is 12.0. The average Bonchev–Trinajstić information content (AvgIpc) is 2.55. The summed E-state index contributed by atoms with van der Waals surface area (Å²) in [6, 6.07) is 10.8. The molecule has 1 aromatic heterocycles. The Balaban J connectivity index is 1.74. The fourth-order valence-corrected chi connectivity index (χ4v) is 3.62. The molecule has 1 heterocycles. The second-order valence-electron chi connectivity index (χ2n) is 5.28. The Bertz CT molecular complexity index is 829. The molecule has 0 spiro atoms. The van der Waals surface area contributed by atoms with Crippen LogP contribution in [0.1, 0.15) is 12.0 Å². The van der Waals surface area contributed by atoms with Gasteiger partial charge in [-0.3, -0.25) is 4.79 Å². The standard InChI is InChI=1S/C16H17BrClN3O3S/c17-13-5-1-3-12(9-13)4-2-8-25(23,24)20-11-16(22)21-15-7-6-14(18)10-19-15/h1,3,5-7,9-10,20H,2,4,8,11H2,(H,19,21,22). The van der Waals surface area contributed by atoms with Crippen molar-refractivity contribution in [3.05, 3.63) is 57.7 Å². The predicted molar refractivity (Wildman–Crippen MR) is 102 cm³/mol. The molecule has 0 fully saturated rings. The number of benzene rings is 1. The second kappa shape index (κ2) is 9.28. The van der Waals surface area contributed by atoms with E-state index in [-0.39, 0.29) is 12.3 Å². The molecule has 1 amide bonds. The molecule has 0 radical (unpaired) electrons. The number of amides is 1. The Morgan fingerprint density at radius 2 is 2.04 bits per heavy atom. The SMILES string of the molecule is O=C(CNS(=O)(=O)CCCc1cccc(Br)c1)Nc1ccc(Cl)cn1. The molecule has 0 bridgehead atoms. The summed E-state index contributed by atoms with van der Waals surface area (Å²) >= 11 is 9.08. The van der Waals surface area contributed by atoms with Crippen LogP contribution in [0.3, 0.4) is 0 Å². The molecule has 6 nitrogen and oxygen atoms in total. The van der Waals surface area contributed by atoms with Gasteiger partial charge < -0.3 is 5.32 Å². The number of carbonyl (C=O) groups is 1. The molecular formula is C16H17BrClN3O3S. The number of halogens is 2. The molecule has 0 aliphatic rings. The number of nitrogens with one attached hydrogen (secondary N) is 2. The van der Waals surface area contributed by atoms with Crippen molar-refractivity contribution in [2.24, 2.45) is 0 Å². The average molecular weight is 447 g/mol. The molecule has 9 heteroatoms. The van der Waals surface area contributed by atoms with E-state index < -0.39 is 15.9 Å². The third-order valence-corrected chi connectivity index (χ3v) is 5.34. The molecule has 0 atom stereocenters. The predicted octanol–water partition coefficient (Wildman–Crippen LogP) is 2.99. The van der Waals surface area contributed by atoms with Gasteiger partial charge in [-0.25, -0.2) is 18.1 Å². The Morgan fingerprint density at radius 3 is 2.72 bits per heavy atom. The van der Waals surface area contributed by atoms with Crippen LogP contribution in [0.25, 0.3) is 0 Å². The lowest BCUT2D eigenvalue weighted by Crippen LogP contribution is -2.34. The first-order valence-electron chi connectivity index (χ1n) is 7.47. The smallest absolute Gasteiger partial charge is 0.240 e. The van der Waals surface area contributed by atoms with Crippen molar-refractivity contribution in [3.8, 4) is 0 Å². The largest absolute Gasteiger partial charge is 0.310 e. The highest BCUT2D eigenvalue weighted by atomic mass is 79.9. The molecule has 0 aliphatic heterocycles. The highest BCUT2D eigenvalue weighted by Gasteiger charge is 2.12. The topological polar surface area (TPSA) is 88.2 Å². The summed E-state index contributed by atoms with van der Waals surface area (Å²) in [5, 5.41) is 2.94. The van der Waals surface area contributed by atoms with Crippen molar-refractivity contribution in [1.29, 1.82) is 0 Å². The normalized spacial score (nSPS) is 11.3. The number of anilines is 1. The zero-order valence-electron chi connectivity index (χ0n) is 13.2. The summed E-state index contributed by atoms with van der Waals surface area (Å²) in [5.74, 6) is -0.236. The van der Waals surface area contributed by atoms with Crippen LogP contribution >= 0.6 is 27.5 Å². The maximum Gasteiger partial charge on any atom is 0.240 e. The zero-order valence-corrected chi connectivity index (χ0v) is 16.4. The van der Waals surface area contributed by atoms with E-state index in [1.807, 2.05) is 24.3 Å². The Morgan fingerprint density at radius 1 is 1.24 bits per heavy atom.